The van der Waals surface area contributed by atoms with Crippen molar-refractivity contribution in [3.8, 4) is 11.8 Å². The van der Waals surface area contributed by atoms with E-state index in [1.165, 1.54) is 6.07 Å². The van der Waals surface area contributed by atoms with Crippen LogP contribution in [0.4, 0.5) is 14.5 Å². The smallest absolute Gasteiger partial charge is 0.272 e. The Kier molecular flexibility index (Phi) is 4.43. The maximum atomic E-state index is 12.4. The third kappa shape index (κ3) is 3.33. The highest BCUT2D eigenvalue weighted by molar-refractivity contribution is 5.85. The fourth-order valence-corrected chi connectivity index (χ4v) is 2.46. The van der Waals surface area contributed by atoms with E-state index >= 15 is 0 Å². The maximum absolute atomic E-state index is 12.4. The van der Waals surface area contributed by atoms with Gasteiger partial charge < -0.3 is 10.5 Å². The zero-order chi connectivity index (χ0) is 18.0. The number of hydrogen-bond acceptors (Lipinski definition) is 7. The number of aromatic nitrogens is 3. The summed E-state index contributed by atoms with van der Waals surface area (Å²) in [6.45, 7) is 0.995. The molecule has 0 saturated carbocycles. The fourth-order valence-electron chi connectivity index (χ4n) is 2.46. The highest BCUT2D eigenvalue weighted by atomic mass is 19.3. The summed E-state index contributed by atoms with van der Waals surface area (Å²) in [6, 6.07) is 6.69. The molecule has 0 radical (unpaired) electrons. The molecular formula is C16H13F2N5O2. The summed E-state index contributed by atoms with van der Waals surface area (Å²) in [5.41, 5.74) is 9.48. The standard InChI is InChI=1S/C16H13F2N5O2/c1-8-11(14(20)15-16(21-8)23-25-22-15)4-9-2-3-10(6-19)12(5-9)24-7-13(17)18/h2-3,5,13H,4,7,20H2,1H3. The van der Waals surface area contributed by atoms with Crippen LogP contribution in [0.15, 0.2) is 22.8 Å². The number of alkyl halides is 2. The molecule has 2 N–H and O–H groups in total. The number of nitrogens with two attached hydrogens (primary N) is 1. The topological polar surface area (TPSA) is 111 Å². The number of aryl methyl sites for hydroxylation is 1. The number of fused-ring (bicyclic) bond motifs is 1. The number of nitrogens with zero attached hydrogens (tertiary/aromatic N) is 4. The van der Waals surface area contributed by atoms with Crippen LogP contribution in [0.5, 0.6) is 5.75 Å². The summed E-state index contributed by atoms with van der Waals surface area (Å²) in [5, 5.41) is 16.5. The van der Waals surface area contributed by atoms with Crippen molar-refractivity contribution in [2.45, 2.75) is 19.8 Å². The van der Waals surface area contributed by atoms with E-state index in [4.69, 9.17) is 15.7 Å². The molecule has 2 aromatic heterocycles. The normalized spacial score (nSPS) is 11.0. The third-order valence-corrected chi connectivity index (χ3v) is 3.67. The second-order valence-electron chi connectivity index (χ2n) is 5.35. The van der Waals surface area contributed by atoms with Crippen LogP contribution in [-0.4, -0.2) is 28.3 Å². The molecule has 0 unspecified atom stereocenters. The predicted molar refractivity (Wildman–Crippen MR) is 84.2 cm³/mol. The summed E-state index contributed by atoms with van der Waals surface area (Å²) in [4.78, 5) is 4.28. The summed E-state index contributed by atoms with van der Waals surface area (Å²) >= 11 is 0. The van der Waals surface area contributed by atoms with Gasteiger partial charge in [-0.1, -0.05) is 6.07 Å². The van der Waals surface area contributed by atoms with Crippen molar-refractivity contribution in [1.82, 2.24) is 15.3 Å². The molecule has 0 aliphatic carbocycles. The molecule has 0 bridgehead atoms. The largest absolute Gasteiger partial charge is 0.486 e. The van der Waals surface area contributed by atoms with E-state index in [2.05, 4.69) is 19.9 Å². The molecule has 0 aliphatic heterocycles. The molecule has 0 fully saturated rings. The Bertz CT molecular complexity index is 965. The van der Waals surface area contributed by atoms with Gasteiger partial charge in [-0.25, -0.2) is 18.4 Å². The highest BCUT2D eigenvalue weighted by Crippen LogP contribution is 2.28. The van der Waals surface area contributed by atoms with Crippen molar-refractivity contribution in [3.63, 3.8) is 0 Å². The van der Waals surface area contributed by atoms with Gasteiger partial charge >= 0.3 is 0 Å². The summed E-state index contributed by atoms with van der Waals surface area (Å²) in [5.74, 6) is 0.105. The lowest BCUT2D eigenvalue weighted by Gasteiger charge is -2.12. The van der Waals surface area contributed by atoms with Crippen LogP contribution in [0.2, 0.25) is 0 Å². The first-order valence-electron chi connectivity index (χ1n) is 7.30. The lowest BCUT2D eigenvalue weighted by Crippen LogP contribution is -2.08. The first kappa shape index (κ1) is 16.6. The van der Waals surface area contributed by atoms with Gasteiger partial charge in [0.25, 0.3) is 6.43 Å². The van der Waals surface area contributed by atoms with Gasteiger partial charge in [-0.2, -0.15) is 5.26 Å². The van der Waals surface area contributed by atoms with Crippen LogP contribution in [0, 0.1) is 18.3 Å². The van der Waals surface area contributed by atoms with Gasteiger partial charge in [-0.15, -0.1) is 0 Å². The van der Waals surface area contributed by atoms with E-state index in [-0.39, 0.29) is 11.3 Å². The van der Waals surface area contributed by atoms with E-state index in [0.717, 1.165) is 5.56 Å². The highest BCUT2D eigenvalue weighted by Gasteiger charge is 2.16. The van der Waals surface area contributed by atoms with Gasteiger partial charge in [-0.3, -0.25) is 0 Å². The van der Waals surface area contributed by atoms with Gasteiger partial charge in [0.15, 0.2) is 5.52 Å². The Balaban J connectivity index is 1.95. The quantitative estimate of drug-likeness (QED) is 0.756. The Morgan fingerprint density at radius 3 is 2.88 bits per heavy atom. The van der Waals surface area contributed by atoms with Crippen LogP contribution in [0.1, 0.15) is 22.4 Å². The van der Waals surface area contributed by atoms with Crippen LogP contribution < -0.4 is 10.5 Å². The van der Waals surface area contributed by atoms with Crippen molar-refractivity contribution in [1.29, 1.82) is 5.26 Å². The van der Waals surface area contributed by atoms with Gasteiger partial charge in [-0.05, 0) is 34.9 Å². The molecule has 3 aromatic rings. The molecule has 9 heteroatoms. The van der Waals surface area contributed by atoms with Crippen LogP contribution in [0.25, 0.3) is 11.2 Å². The average Bonchev–Trinajstić information content (AvgIpc) is 3.05. The fraction of sp³-hybridized carbons (Fsp3) is 0.250. The zero-order valence-corrected chi connectivity index (χ0v) is 13.2. The Morgan fingerprint density at radius 2 is 2.16 bits per heavy atom. The molecule has 0 amide bonds. The molecule has 1 aromatic carbocycles. The van der Waals surface area contributed by atoms with Crippen molar-refractivity contribution < 1.29 is 18.1 Å². The lowest BCUT2D eigenvalue weighted by molar-refractivity contribution is 0.0817. The number of ether oxygens (including phenoxy) is 1. The molecule has 128 valence electrons. The van der Waals surface area contributed by atoms with E-state index < -0.39 is 13.0 Å². The number of rotatable bonds is 5. The van der Waals surface area contributed by atoms with Crippen LogP contribution in [0.3, 0.4) is 0 Å². The van der Waals surface area contributed by atoms with Crippen molar-refractivity contribution in [3.05, 3.63) is 40.6 Å². The van der Waals surface area contributed by atoms with Crippen molar-refractivity contribution >= 4 is 16.9 Å². The Morgan fingerprint density at radius 1 is 1.36 bits per heavy atom. The Hall–Kier alpha value is -3.28. The average molecular weight is 345 g/mol. The van der Waals surface area contributed by atoms with Gasteiger partial charge in [0.05, 0.1) is 11.3 Å². The maximum Gasteiger partial charge on any atom is 0.272 e. The van der Waals surface area contributed by atoms with Gasteiger partial charge in [0, 0.05) is 17.7 Å². The van der Waals surface area contributed by atoms with Gasteiger partial charge in [0.1, 0.15) is 18.4 Å². The molecule has 0 aliphatic rings. The number of halogens is 2. The molecule has 3 rings (SSSR count). The number of anilines is 1. The molecule has 0 saturated heterocycles. The van der Waals surface area contributed by atoms with Crippen LogP contribution >= 0.6 is 0 Å². The summed E-state index contributed by atoms with van der Waals surface area (Å²) < 4.78 is 34.4. The number of hydrogen-bond donors (Lipinski definition) is 1. The first-order chi connectivity index (χ1) is 12.0. The SMILES string of the molecule is Cc1nc2nonc2c(N)c1Cc1ccc(C#N)c(OCC(F)F)c1. The minimum atomic E-state index is -2.63. The third-order valence-electron chi connectivity index (χ3n) is 3.67. The minimum absolute atomic E-state index is 0.105. The molecule has 0 spiro atoms. The predicted octanol–water partition coefficient (Wildman–Crippen LogP) is 2.61. The number of nitriles is 1. The number of nitrogen functional groups attached to an aromatic ring is 1. The van der Waals surface area contributed by atoms with Gasteiger partial charge in [0.2, 0.25) is 5.65 Å². The zero-order valence-electron chi connectivity index (χ0n) is 13.2. The van der Waals surface area contributed by atoms with E-state index in [9.17, 15) is 8.78 Å². The summed E-state index contributed by atoms with van der Waals surface area (Å²) in [7, 11) is 0. The van der Waals surface area contributed by atoms with Crippen LogP contribution in [-0.2, 0) is 6.42 Å². The van der Waals surface area contributed by atoms with E-state index in [0.29, 0.717) is 34.5 Å². The molecule has 2 heterocycles. The molecule has 0 atom stereocenters. The number of pyridine rings is 1. The molecule has 7 nitrogen and oxygen atoms in total. The molecule has 25 heavy (non-hydrogen) atoms. The second-order valence-corrected chi connectivity index (χ2v) is 5.35. The van der Waals surface area contributed by atoms with E-state index in [1.807, 2.05) is 6.07 Å². The summed E-state index contributed by atoms with van der Waals surface area (Å²) in [6.07, 6.45) is -2.26. The second kappa shape index (κ2) is 6.68. The first-order valence-corrected chi connectivity index (χ1v) is 7.30. The van der Waals surface area contributed by atoms with E-state index in [1.54, 1.807) is 19.1 Å². The van der Waals surface area contributed by atoms with Crippen molar-refractivity contribution in [2.24, 2.45) is 0 Å². The van der Waals surface area contributed by atoms with Crippen molar-refractivity contribution in [2.75, 3.05) is 12.3 Å². The Labute approximate surface area is 141 Å². The number of benzene rings is 1. The lowest BCUT2D eigenvalue weighted by atomic mass is 10.0. The minimum Gasteiger partial charge on any atom is -0.486 e. The monoisotopic (exact) mass is 345 g/mol. The molecular weight excluding hydrogens is 332 g/mol.